The Morgan fingerprint density at radius 1 is 1.09 bits per heavy atom. The number of carboxylic acid groups (broad SMARTS) is 1. The molecule has 2 saturated heterocycles. The van der Waals surface area contributed by atoms with Crippen LogP contribution in [-0.4, -0.2) is 83.3 Å². The number of likely N-dealkylation sites (tertiary alicyclic amines) is 1. The Morgan fingerprint density at radius 3 is 2.47 bits per heavy atom. The van der Waals surface area contributed by atoms with Crippen molar-refractivity contribution in [3.8, 4) is 5.75 Å². The molecule has 1 unspecified atom stereocenters. The molecule has 0 spiro atoms. The Hall–Kier alpha value is -3.32. The van der Waals surface area contributed by atoms with Gasteiger partial charge in [-0.2, -0.15) is 4.98 Å². The maximum atomic E-state index is 12.1. The molecule has 2 fully saturated rings. The van der Waals surface area contributed by atoms with Gasteiger partial charge in [0.1, 0.15) is 21.8 Å². The average molecular weight is 679 g/mol. The lowest BCUT2D eigenvalue weighted by Crippen LogP contribution is -2.42. The Bertz CT molecular complexity index is 1480. The van der Waals surface area contributed by atoms with Crippen LogP contribution < -0.4 is 24.6 Å². The third-order valence-corrected chi connectivity index (χ3v) is 9.74. The van der Waals surface area contributed by atoms with E-state index in [0.717, 1.165) is 75.5 Å². The van der Waals surface area contributed by atoms with Gasteiger partial charge < -0.3 is 30.3 Å². The van der Waals surface area contributed by atoms with E-state index >= 15 is 0 Å². The summed E-state index contributed by atoms with van der Waals surface area (Å²) >= 11 is 6.45. The first-order valence-electron chi connectivity index (χ1n) is 14.8. The van der Waals surface area contributed by atoms with Gasteiger partial charge in [0.2, 0.25) is 5.95 Å². The highest BCUT2D eigenvalue weighted by Gasteiger charge is 2.27. The van der Waals surface area contributed by atoms with Gasteiger partial charge >= 0.3 is 5.97 Å². The molecule has 11 nitrogen and oxygen atoms in total. The Balaban J connectivity index is 0.00000461. The Labute approximate surface area is 278 Å². The van der Waals surface area contributed by atoms with Crippen LogP contribution in [-0.2, 0) is 15.8 Å². The Morgan fingerprint density at radius 2 is 1.80 bits per heavy atom. The molecule has 0 saturated carbocycles. The fourth-order valence-electron chi connectivity index (χ4n) is 5.84. The maximum Gasteiger partial charge on any atom is 0.306 e. The molecule has 3 aromatic rings. The lowest BCUT2D eigenvalue weighted by molar-refractivity contribution is -0.143. The SMILES string of the molecule is COc1cc(N2CCC(CN3CCC(C(=O)O)CC3)CC2)ccc1Nc1ncc(Cl)c(Nc2ccccc2N(C)S(C)=O)n1.Cl. The number of nitrogens with zero attached hydrogens (tertiary/aromatic N) is 5. The predicted octanol–water partition coefficient (Wildman–Crippen LogP) is 5.79. The van der Waals surface area contributed by atoms with Crippen molar-refractivity contribution >= 4 is 75.5 Å². The van der Waals surface area contributed by atoms with Gasteiger partial charge in [-0.15, -0.1) is 12.4 Å². The highest BCUT2D eigenvalue weighted by Crippen LogP contribution is 2.35. The zero-order chi connectivity index (χ0) is 31.2. The summed E-state index contributed by atoms with van der Waals surface area (Å²) in [5.74, 6) is 1.22. The number of aliphatic carboxylic acids is 1. The molecule has 0 amide bonds. The van der Waals surface area contributed by atoms with Crippen LogP contribution in [0.1, 0.15) is 25.7 Å². The molecular formula is C31H41Cl2N7O4S. The molecule has 0 radical (unpaired) electrons. The number of para-hydroxylation sites is 2. The molecule has 2 aliphatic heterocycles. The number of aromatic nitrogens is 2. The third kappa shape index (κ3) is 8.69. The molecule has 5 rings (SSSR count). The third-order valence-electron chi connectivity index (χ3n) is 8.49. The lowest BCUT2D eigenvalue weighted by atomic mass is 9.92. The van der Waals surface area contributed by atoms with Crippen molar-refractivity contribution in [1.82, 2.24) is 14.9 Å². The van der Waals surface area contributed by atoms with Gasteiger partial charge in [0, 0.05) is 44.7 Å². The van der Waals surface area contributed by atoms with Crippen LogP contribution in [0, 0.1) is 11.8 Å². The van der Waals surface area contributed by atoms with E-state index in [0.29, 0.717) is 34.1 Å². The lowest BCUT2D eigenvalue weighted by Gasteiger charge is -2.38. The normalized spacial score (nSPS) is 16.8. The fourth-order valence-corrected chi connectivity index (χ4v) is 6.41. The summed E-state index contributed by atoms with van der Waals surface area (Å²) in [7, 11) is 2.21. The summed E-state index contributed by atoms with van der Waals surface area (Å²) in [6, 6.07) is 13.6. The maximum absolute atomic E-state index is 12.1. The van der Waals surface area contributed by atoms with Crippen LogP contribution in [0.3, 0.4) is 0 Å². The fraction of sp³-hybridized carbons (Fsp3) is 0.452. The van der Waals surface area contributed by atoms with Gasteiger partial charge in [0.05, 0.1) is 36.3 Å². The molecule has 3 heterocycles. The van der Waals surface area contributed by atoms with Gasteiger partial charge in [-0.1, -0.05) is 23.7 Å². The van der Waals surface area contributed by atoms with Crippen molar-refractivity contribution in [2.24, 2.45) is 11.8 Å². The number of carboxylic acids is 1. The average Bonchev–Trinajstić information content (AvgIpc) is 3.03. The van der Waals surface area contributed by atoms with Gasteiger partial charge in [-0.25, -0.2) is 9.19 Å². The summed E-state index contributed by atoms with van der Waals surface area (Å²) in [5, 5.41) is 16.1. The number of rotatable bonds is 11. The van der Waals surface area contributed by atoms with E-state index < -0.39 is 17.0 Å². The molecule has 45 heavy (non-hydrogen) atoms. The quantitative estimate of drug-likeness (QED) is 0.230. The van der Waals surface area contributed by atoms with Crippen LogP contribution in [0.25, 0.3) is 0 Å². The van der Waals surface area contributed by atoms with Gasteiger partial charge in [0.25, 0.3) is 0 Å². The van der Waals surface area contributed by atoms with Crippen molar-refractivity contribution in [3.05, 3.63) is 53.7 Å². The van der Waals surface area contributed by atoms with Crippen molar-refractivity contribution < 1.29 is 18.8 Å². The van der Waals surface area contributed by atoms with E-state index in [4.69, 9.17) is 16.3 Å². The first-order chi connectivity index (χ1) is 21.2. The van der Waals surface area contributed by atoms with Gasteiger partial charge in [-0.05, 0) is 69.0 Å². The number of hydrogen-bond acceptors (Lipinski definition) is 9. The Kier molecular flexibility index (Phi) is 12.1. The van der Waals surface area contributed by atoms with Crippen LogP contribution >= 0.6 is 24.0 Å². The van der Waals surface area contributed by atoms with E-state index in [2.05, 4.69) is 36.5 Å². The van der Waals surface area contributed by atoms with Crippen LogP contribution in [0.2, 0.25) is 5.02 Å². The standard InChI is InChI=1S/C31H40ClN7O4S.ClH/c1-37(44(3)42)27-7-5-4-6-25(27)34-29-24(32)19-33-31(36-29)35-26-9-8-23(18-28(26)43-2)39-16-10-21(11-17-39)20-38-14-12-22(13-15-38)30(40)41;/h4-9,18-19,21-22H,10-17,20H2,1-3H3,(H,40,41)(H2,33,34,35,36);1H. The monoisotopic (exact) mass is 677 g/mol. The number of carbonyl (C=O) groups is 1. The topological polar surface area (TPSA) is 123 Å². The van der Waals surface area contributed by atoms with Crippen LogP contribution in [0.15, 0.2) is 48.7 Å². The molecule has 244 valence electrons. The van der Waals surface area contributed by atoms with Crippen LogP contribution in [0.5, 0.6) is 5.75 Å². The number of halogens is 2. The first-order valence-corrected chi connectivity index (χ1v) is 16.7. The van der Waals surface area contributed by atoms with Crippen LogP contribution in [0.4, 0.5) is 34.5 Å². The number of benzene rings is 2. The largest absolute Gasteiger partial charge is 0.494 e. The van der Waals surface area contributed by atoms with Gasteiger partial charge in [0.15, 0.2) is 5.82 Å². The second-order valence-electron chi connectivity index (χ2n) is 11.3. The molecule has 0 bridgehead atoms. The van der Waals surface area contributed by atoms with Gasteiger partial charge in [-0.3, -0.25) is 9.10 Å². The minimum atomic E-state index is -1.20. The van der Waals surface area contributed by atoms with Crippen molar-refractivity contribution in [2.75, 3.05) is 73.0 Å². The van der Waals surface area contributed by atoms with E-state index in [9.17, 15) is 14.1 Å². The van der Waals surface area contributed by atoms with E-state index in [1.165, 1.54) is 6.20 Å². The molecule has 3 N–H and O–H groups in total. The van der Waals surface area contributed by atoms with E-state index in [1.54, 1.807) is 24.7 Å². The van der Waals surface area contributed by atoms with E-state index in [-0.39, 0.29) is 18.3 Å². The minimum Gasteiger partial charge on any atom is -0.494 e. The molecule has 2 aliphatic rings. The zero-order valence-electron chi connectivity index (χ0n) is 25.7. The highest BCUT2D eigenvalue weighted by atomic mass is 35.5. The molecule has 14 heteroatoms. The molecular weight excluding hydrogens is 637 g/mol. The minimum absolute atomic E-state index is 0. The highest BCUT2D eigenvalue weighted by molar-refractivity contribution is 7.85. The molecule has 1 aromatic heterocycles. The summed E-state index contributed by atoms with van der Waals surface area (Å²) in [6.07, 6.45) is 6.85. The molecule has 0 aliphatic carbocycles. The zero-order valence-corrected chi connectivity index (χ0v) is 28.1. The predicted molar refractivity (Wildman–Crippen MR) is 184 cm³/mol. The second-order valence-corrected chi connectivity index (χ2v) is 13.1. The summed E-state index contributed by atoms with van der Waals surface area (Å²) in [4.78, 5) is 25.1. The number of nitrogens with one attached hydrogen (secondary N) is 2. The number of piperidine rings is 2. The number of ether oxygens (including phenoxy) is 1. The summed E-state index contributed by atoms with van der Waals surface area (Å²) in [6.45, 7) is 4.73. The molecule has 2 aromatic carbocycles. The van der Waals surface area contributed by atoms with E-state index in [1.807, 2.05) is 36.4 Å². The second kappa shape index (κ2) is 15.8. The molecule has 1 atom stereocenters. The summed E-state index contributed by atoms with van der Waals surface area (Å²) in [5.41, 5.74) is 3.29. The number of anilines is 6. The smallest absolute Gasteiger partial charge is 0.306 e. The van der Waals surface area contributed by atoms with Crippen molar-refractivity contribution in [3.63, 3.8) is 0 Å². The number of methoxy groups -OCH3 is 1. The summed E-state index contributed by atoms with van der Waals surface area (Å²) < 4.78 is 19.5. The number of hydrogen-bond donors (Lipinski definition) is 3. The first kappa shape index (κ1) is 34.6. The van der Waals surface area contributed by atoms with Crippen molar-refractivity contribution in [2.45, 2.75) is 25.7 Å². The van der Waals surface area contributed by atoms with Crippen molar-refractivity contribution in [1.29, 1.82) is 0 Å².